The molecule has 21 heavy (non-hydrogen) atoms. The molecule has 0 aromatic carbocycles. The first-order chi connectivity index (χ1) is 9.86. The lowest BCUT2D eigenvalue weighted by atomic mass is 10.2. The number of nitrogens with zero attached hydrogens (tertiary/aromatic N) is 4. The largest absolute Gasteiger partial charge is 0.464 e. The molecule has 0 saturated heterocycles. The number of rotatable bonds is 4. The van der Waals surface area contributed by atoms with Crippen LogP contribution in [-0.2, 0) is 4.74 Å². The molecule has 0 fully saturated rings. The number of hydrogen-bond acceptors (Lipinski definition) is 7. The SMILES string of the molecule is COC(=O)c1nnn(C(C)C(C)O)c1-c1sc(C)nc1C. The lowest BCUT2D eigenvalue weighted by Crippen LogP contribution is -2.20. The Morgan fingerprint density at radius 3 is 2.52 bits per heavy atom. The lowest BCUT2D eigenvalue weighted by molar-refractivity contribution is 0.0594. The van der Waals surface area contributed by atoms with Crippen molar-refractivity contribution in [1.29, 1.82) is 0 Å². The van der Waals surface area contributed by atoms with Crippen molar-refractivity contribution in [2.24, 2.45) is 0 Å². The second-order valence-electron chi connectivity index (χ2n) is 4.85. The predicted octanol–water partition coefficient (Wildman–Crippen LogP) is 1.75. The maximum atomic E-state index is 11.9. The Labute approximate surface area is 126 Å². The Morgan fingerprint density at radius 2 is 2.05 bits per heavy atom. The van der Waals surface area contributed by atoms with Crippen LogP contribution in [0.3, 0.4) is 0 Å². The fourth-order valence-electron chi connectivity index (χ4n) is 1.98. The topological polar surface area (TPSA) is 90.1 Å². The molecule has 0 amide bonds. The molecule has 2 aromatic heterocycles. The number of carbonyl (C=O) groups is 1. The highest BCUT2D eigenvalue weighted by atomic mass is 32.1. The van der Waals surface area contributed by atoms with Crippen molar-refractivity contribution in [3.05, 3.63) is 16.4 Å². The van der Waals surface area contributed by atoms with E-state index in [1.165, 1.54) is 18.4 Å². The maximum absolute atomic E-state index is 11.9. The molecule has 2 rings (SSSR count). The van der Waals surface area contributed by atoms with Gasteiger partial charge in [-0.25, -0.2) is 14.5 Å². The number of ether oxygens (including phenoxy) is 1. The normalized spacial score (nSPS) is 14.0. The molecule has 0 aliphatic carbocycles. The first kappa shape index (κ1) is 15.6. The Balaban J connectivity index is 2.67. The number of esters is 1. The molecule has 114 valence electrons. The average Bonchev–Trinajstić information content (AvgIpc) is 2.99. The van der Waals surface area contributed by atoms with Crippen molar-refractivity contribution in [3.63, 3.8) is 0 Å². The highest BCUT2D eigenvalue weighted by Crippen LogP contribution is 2.33. The van der Waals surface area contributed by atoms with Crippen molar-refractivity contribution in [1.82, 2.24) is 20.0 Å². The third-order valence-corrected chi connectivity index (χ3v) is 4.36. The van der Waals surface area contributed by atoms with Crippen LogP contribution in [0.15, 0.2) is 0 Å². The van der Waals surface area contributed by atoms with Crippen LogP contribution in [0.4, 0.5) is 0 Å². The van der Waals surface area contributed by atoms with E-state index in [0.29, 0.717) is 5.69 Å². The molecule has 2 heterocycles. The minimum atomic E-state index is -0.634. The summed E-state index contributed by atoms with van der Waals surface area (Å²) in [4.78, 5) is 17.1. The van der Waals surface area contributed by atoms with Gasteiger partial charge in [0, 0.05) is 0 Å². The second kappa shape index (κ2) is 5.90. The first-order valence-electron chi connectivity index (χ1n) is 6.52. The van der Waals surface area contributed by atoms with Gasteiger partial charge in [0.15, 0.2) is 5.69 Å². The van der Waals surface area contributed by atoms with E-state index >= 15 is 0 Å². The van der Waals surface area contributed by atoms with E-state index in [2.05, 4.69) is 15.3 Å². The number of aliphatic hydroxyl groups excluding tert-OH is 1. The second-order valence-corrected chi connectivity index (χ2v) is 6.05. The van der Waals surface area contributed by atoms with Gasteiger partial charge in [0.1, 0.15) is 5.69 Å². The van der Waals surface area contributed by atoms with Gasteiger partial charge in [-0.15, -0.1) is 16.4 Å². The quantitative estimate of drug-likeness (QED) is 0.865. The molecule has 2 aromatic rings. The Morgan fingerprint density at radius 1 is 1.38 bits per heavy atom. The third-order valence-electron chi connectivity index (χ3n) is 3.28. The molecular formula is C13H18N4O3S. The minimum Gasteiger partial charge on any atom is -0.464 e. The van der Waals surface area contributed by atoms with Crippen LogP contribution in [0.25, 0.3) is 10.6 Å². The predicted molar refractivity (Wildman–Crippen MR) is 78.3 cm³/mol. The number of thiazole rings is 1. The summed E-state index contributed by atoms with van der Waals surface area (Å²) in [5.41, 5.74) is 1.47. The zero-order chi connectivity index (χ0) is 15.7. The Kier molecular flexibility index (Phi) is 4.38. The Hall–Kier alpha value is -1.80. The summed E-state index contributed by atoms with van der Waals surface area (Å²) in [6.45, 7) is 7.24. The van der Waals surface area contributed by atoms with Gasteiger partial charge in [-0.2, -0.15) is 0 Å². The molecule has 8 heteroatoms. The van der Waals surface area contributed by atoms with Crippen LogP contribution in [0.2, 0.25) is 0 Å². The van der Waals surface area contributed by atoms with E-state index in [1.54, 1.807) is 11.6 Å². The smallest absolute Gasteiger partial charge is 0.360 e. The zero-order valence-corrected chi connectivity index (χ0v) is 13.4. The van der Waals surface area contributed by atoms with E-state index in [4.69, 9.17) is 4.74 Å². The molecule has 7 nitrogen and oxygen atoms in total. The molecule has 0 aliphatic rings. The monoisotopic (exact) mass is 310 g/mol. The highest BCUT2D eigenvalue weighted by Gasteiger charge is 2.28. The molecule has 2 unspecified atom stereocenters. The van der Waals surface area contributed by atoms with E-state index < -0.39 is 12.1 Å². The van der Waals surface area contributed by atoms with Gasteiger partial charge in [-0.3, -0.25) is 0 Å². The minimum absolute atomic E-state index is 0.136. The molecule has 1 N–H and O–H groups in total. The third kappa shape index (κ3) is 2.81. The molecule has 0 aliphatic heterocycles. The van der Waals surface area contributed by atoms with E-state index in [1.807, 2.05) is 20.8 Å². The van der Waals surface area contributed by atoms with Crippen molar-refractivity contribution in [2.75, 3.05) is 7.11 Å². The maximum Gasteiger partial charge on any atom is 0.360 e. The summed E-state index contributed by atoms with van der Waals surface area (Å²) in [6.07, 6.45) is -0.634. The number of aliphatic hydroxyl groups is 1. The first-order valence-corrected chi connectivity index (χ1v) is 7.34. The van der Waals surface area contributed by atoms with Crippen molar-refractivity contribution in [3.8, 4) is 10.6 Å². The molecule has 2 atom stereocenters. The number of methoxy groups -OCH3 is 1. The Bertz CT molecular complexity index is 662. The average molecular weight is 310 g/mol. The summed E-state index contributed by atoms with van der Waals surface area (Å²) < 4.78 is 6.32. The summed E-state index contributed by atoms with van der Waals surface area (Å²) >= 11 is 1.46. The number of aryl methyl sites for hydroxylation is 2. The lowest BCUT2D eigenvalue weighted by Gasteiger charge is -2.17. The summed E-state index contributed by atoms with van der Waals surface area (Å²) in [6, 6.07) is -0.326. The molecule has 0 radical (unpaired) electrons. The fourth-order valence-corrected chi connectivity index (χ4v) is 2.94. The summed E-state index contributed by atoms with van der Waals surface area (Å²) in [5.74, 6) is -0.556. The molecule has 0 saturated carbocycles. The van der Waals surface area contributed by atoms with Gasteiger partial charge in [0.25, 0.3) is 0 Å². The molecule has 0 bridgehead atoms. The highest BCUT2D eigenvalue weighted by molar-refractivity contribution is 7.15. The van der Waals surface area contributed by atoms with Crippen molar-refractivity contribution >= 4 is 17.3 Å². The van der Waals surface area contributed by atoms with Gasteiger partial charge >= 0.3 is 5.97 Å². The van der Waals surface area contributed by atoms with Gasteiger partial charge in [-0.1, -0.05) is 5.21 Å². The van der Waals surface area contributed by atoms with Gasteiger partial charge in [-0.05, 0) is 27.7 Å². The standard InChI is InChI=1S/C13H18N4O3S/c1-6-12(21-9(4)14-6)11-10(13(19)20-5)15-16-17(11)7(2)8(3)18/h7-8,18H,1-5H3. The van der Waals surface area contributed by atoms with E-state index in [0.717, 1.165) is 15.6 Å². The summed E-state index contributed by atoms with van der Waals surface area (Å²) in [7, 11) is 1.30. The van der Waals surface area contributed by atoms with Crippen LogP contribution < -0.4 is 0 Å². The number of carbonyl (C=O) groups excluding carboxylic acids is 1. The van der Waals surface area contributed by atoms with Crippen molar-refractivity contribution in [2.45, 2.75) is 39.8 Å². The van der Waals surface area contributed by atoms with Gasteiger partial charge in [0.05, 0.1) is 34.8 Å². The van der Waals surface area contributed by atoms with Crippen LogP contribution >= 0.6 is 11.3 Å². The number of hydrogen-bond donors (Lipinski definition) is 1. The van der Waals surface area contributed by atoms with Gasteiger partial charge < -0.3 is 9.84 Å². The summed E-state index contributed by atoms with van der Waals surface area (Å²) in [5, 5.41) is 18.6. The van der Waals surface area contributed by atoms with Gasteiger partial charge in [0.2, 0.25) is 0 Å². The molecule has 0 spiro atoms. The molecular weight excluding hydrogens is 292 g/mol. The van der Waals surface area contributed by atoms with E-state index in [9.17, 15) is 9.90 Å². The fraction of sp³-hybridized carbons (Fsp3) is 0.538. The van der Waals surface area contributed by atoms with Crippen LogP contribution in [-0.4, -0.2) is 44.3 Å². The zero-order valence-electron chi connectivity index (χ0n) is 12.6. The van der Waals surface area contributed by atoms with Crippen LogP contribution in [0.5, 0.6) is 0 Å². The van der Waals surface area contributed by atoms with Crippen molar-refractivity contribution < 1.29 is 14.6 Å². The van der Waals surface area contributed by atoms with Crippen LogP contribution in [0, 0.1) is 13.8 Å². The van der Waals surface area contributed by atoms with E-state index in [-0.39, 0.29) is 11.7 Å². The van der Waals surface area contributed by atoms with Crippen LogP contribution in [0.1, 0.15) is 41.1 Å². The number of aromatic nitrogens is 4.